The Morgan fingerprint density at radius 2 is 1.77 bits per heavy atom. The first-order valence-corrected chi connectivity index (χ1v) is 14.0. The third-order valence-corrected chi connectivity index (χ3v) is 8.31. The molecule has 3 rings (SSSR count). The normalized spacial score (nSPS) is 17.6. The number of aryl methyl sites for hydroxylation is 1. The average Bonchev–Trinajstić information content (AvgIpc) is 2.88. The highest BCUT2D eigenvalue weighted by Crippen LogP contribution is 2.37. The molecule has 0 bridgehead atoms. The number of ether oxygens (including phenoxy) is 1. The van der Waals surface area contributed by atoms with Crippen molar-refractivity contribution in [2.75, 3.05) is 26.2 Å². The molecule has 0 spiro atoms. The Hall–Kier alpha value is -1.84. The van der Waals surface area contributed by atoms with Crippen LogP contribution in [0.5, 0.6) is 5.75 Å². The molecule has 2 aromatic rings. The van der Waals surface area contributed by atoms with Gasteiger partial charge in [0.15, 0.2) is 0 Å². The molecule has 0 amide bonds. The molecule has 0 radical (unpaired) electrons. The molecular weight excluding hydrogens is 454 g/mol. The number of hydrogen-bond acceptors (Lipinski definition) is 3. The van der Waals surface area contributed by atoms with Crippen molar-refractivity contribution in [3.8, 4) is 5.75 Å². The molecule has 2 unspecified atom stereocenters. The Morgan fingerprint density at radius 3 is 2.40 bits per heavy atom. The van der Waals surface area contributed by atoms with Crippen LogP contribution in [0.3, 0.4) is 0 Å². The summed E-state index contributed by atoms with van der Waals surface area (Å²) in [6.45, 7) is 12.3. The molecule has 4 heteroatoms. The first kappa shape index (κ1) is 27.7. The van der Waals surface area contributed by atoms with Gasteiger partial charge in [-0.15, -0.1) is 0 Å². The van der Waals surface area contributed by atoms with E-state index in [2.05, 4.69) is 56.9 Å². The number of rotatable bonds is 13. The largest absolute Gasteiger partial charge is 0.492 e. The van der Waals surface area contributed by atoms with Gasteiger partial charge in [-0.3, -0.25) is 4.90 Å². The minimum Gasteiger partial charge on any atom is -0.492 e. The van der Waals surface area contributed by atoms with Crippen LogP contribution >= 0.6 is 11.6 Å². The maximum atomic E-state index is 12.2. The van der Waals surface area contributed by atoms with Gasteiger partial charge in [-0.2, -0.15) is 0 Å². The van der Waals surface area contributed by atoms with Crippen LogP contribution in [0.2, 0.25) is 5.02 Å². The first-order chi connectivity index (χ1) is 16.9. The van der Waals surface area contributed by atoms with E-state index in [1.54, 1.807) is 0 Å². The van der Waals surface area contributed by atoms with Gasteiger partial charge in [-0.05, 0) is 98.5 Å². The number of aldehydes is 1. The van der Waals surface area contributed by atoms with Gasteiger partial charge >= 0.3 is 0 Å². The molecule has 35 heavy (non-hydrogen) atoms. The van der Waals surface area contributed by atoms with E-state index in [4.69, 9.17) is 16.3 Å². The Balaban J connectivity index is 1.48. The number of likely N-dealkylation sites (tertiary alicyclic amines) is 1. The molecule has 0 aromatic heterocycles. The summed E-state index contributed by atoms with van der Waals surface area (Å²) in [6.07, 6.45) is 9.11. The maximum Gasteiger partial charge on any atom is 0.130 e. The summed E-state index contributed by atoms with van der Waals surface area (Å²) in [7, 11) is 0. The summed E-state index contributed by atoms with van der Waals surface area (Å²) >= 11 is 6.24. The molecule has 3 nitrogen and oxygen atoms in total. The fraction of sp³-hybridized carbons (Fsp3) is 0.581. The highest BCUT2D eigenvalue weighted by molar-refractivity contribution is 6.30. The molecular formula is C31H44ClNO2. The van der Waals surface area contributed by atoms with Gasteiger partial charge in [0.05, 0.1) is 5.41 Å². The molecule has 192 valence electrons. The Kier molecular flexibility index (Phi) is 10.7. The monoisotopic (exact) mass is 497 g/mol. The molecule has 0 aliphatic carbocycles. The fourth-order valence-corrected chi connectivity index (χ4v) is 5.57. The summed E-state index contributed by atoms with van der Waals surface area (Å²) in [6, 6.07) is 14.7. The van der Waals surface area contributed by atoms with Gasteiger partial charge in [-0.1, -0.05) is 69.8 Å². The number of hydrogen-bond donors (Lipinski definition) is 0. The number of carbonyl (C=O) groups excluding carboxylic acids is 1. The number of benzene rings is 2. The molecule has 0 N–H and O–H groups in total. The molecule has 1 heterocycles. The Labute approximate surface area is 218 Å². The zero-order valence-corrected chi connectivity index (χ0v) is 22.9. The minimum absolute atomic E-state index is 0.424. The van der Waals surface area contributed by atoms with Crippen LogP contribution in [0.25, 0.3) is 0 Å². The second kappa shape index (κ2) is 13.5. The second-order valence-electron chi connectivity index (χ2n) is 10.6. The number of piperidine rings is 1. The number of nitrogens with zero attached hydrogens (tertiary/aromatic N) is 1. The average molecular weight is 498 g/mol. The van der Waals surface area contributed by atoms with Crippen LogP contribution < -0.4 is 4.74 Å². The predicted octanol–water partition coefficient (Wildman–Crippen LogP) is 7.97. The quantitative estimate of drug-likeness (QED) is 0.263. The van der Waals surface area contributed by atoms with Crippen LogP contribution in [-0.2, 0) is 10.2 Å². The van der Waals surface area contributed by atoms with E-state index in [1.807, 2.05) is 18.2 Å². The van der Waals surface area contributed by atoms with Gasteiger partial charge in [-0.25, -0.2) is 0 Å². The molecule has 0 saturated carbocycles. The molecule has 2 aromatic carbocycles. The van der Waals surface area contributed by atoms with Crippen molar-refractivity contribution in [2.24, 2.45) is 5.92 Å². The number of carbonyl (C=O) groups is 1. The first-order valence-electron chi connectivity index (χ1n) is 13.6. The van der Waals surface area contributed by atoms with Gasteiger partial charge in [0.1, 0.15) is 18.6 Å². The van der Waals surface area contributed by atoms with Crippen molar-refractivity contribution >= 4 is 17.9 Å². The van der Waals surface area contributed by atoms with Crippen molar-refractivity contribution in [3.63, 3.8) is 0 Å². The van der Waals surface area contributed by atoms with Crippen LogP contribution in [0.15, 0.2) is 42.5 Å². The van der Waals surface area contributed by atoms with Crippen LogP contribution in [-0.4, -0.2) is 37.4 Å². The van der Waals surface area contributed by atoms with Crippen LogP contribution in [0.1, 0.15) is 88.3 Å². The smallest absolute Gasteiger partial charge is 0.130 e. The lowest BCUT2D eigenvalue weighted by molar-refractivity contribution is -0.114. The van der Waals surface area contributed by atoms with Gasteiger partial charge in [0, 0.05) is 11.6 Å². The van der Waals surface area contributed by atoms with Gasteiger partial charge in [0.2, 0.25) is 0 Å². The summed E-state index contributed by atoms with van der Waals surface area (Å²) in [5, 5.41) is 0.699. The van der Waals surface area contributed by atoms with E-state index < -0.39 is 5.41 Å². The van der Waals surface area contributed by atoms with E-state index in [9.17, 15) is 4.79 Å². The molecule has 2 atom stereocenters. The molecule has 1 fully saturated rings. The zero-order valence-electron chi connectivity index (χ0n) is 22.2. The van der Waals surface area contributed by atoms with Crippen molar-refractivity contribution < 1.29 is 9.53 Å². The Bertz CT molecular complexity index is 918. The second-order valence-corrected chi connectivity index (χ2v) is 11.0. The van der Waals surface area contributed by atoms with E-state index in [-0.39, 0.29) is 0 Å². The van der Waals surface area contributed by atoms with E-state index in [1.165, 1.54) is 37.7 Å². The fourth-order valence-electron chi connectivity index (χ4n) is 5.40. The topological polar surface area (TPSA) is 29.5 Å². The summed E-state index contributed by atoms with van der Waals surface area (Å²) < 4.78 is 6.09. The highest BCUT2D eigenvalue weighted by Gasteiger charge is 2.37. The maximum absolute atomic E-state index is 12.2. The predicted molar refractivity (Wildman–Crippen MR) is 148 cm³/mol. The lowest BCUT2D eigenvalue weighted by Gasteiger charge is -2.39. The standard InChI is InChI=1S/C31H44ClNO2/c1-5-7-26(10-8-24(3)6-2)27-11-14-29(15-12-27)35-21-20-33-18-16-31(23-34,17-19-33)30-22-28(32)13-9-25(30)4/h9,11-15,22-24,26H,5-8,10,16-21H2,1-4H3. The number of halogens is 1. The summed E-state index contributed by atoms with van der Waals surface area (Å²) in [5.41, 5.74) is 3.25. The SMILES string of the molecule is CCCC(CCC(C)CC)c1ccc(OCCN2CCC(C=O)(c3cc(Cl)ccc3C)CC2)cc1. The summed E-state index contributed by atoms with van der Waals surface area (Å²) in [4.78, 5) is 14.6. The molecule has 1 saturated heterocycles. The molecule has 1 aliphatic rings. The van der Waals surface area contributed by atoms with Crippen LogP contribution in [0.4, 0.5) is 0 Å². The zero-order chi connectivity index (χ0) is 25.3. The third-order valence-electron chi connectivity index (χ3n) is 8.08. The van der Waals surface area contributed by atoms with Crippen LogP contribution in [0, 0.1) is 12.8 Å². The van der Waals surface area contributed by atoms with E-state index in [0.29, 0.717) is 17.5 Å². The lowest BCUT2D eigenvalue weighted by Crippen LogP contribution is -2.45. The van der Waals surface area contributed by atoms with E-state index in [0.717, 1.165) is 61.6 Å². The van der Waals surface area contributed by atoms with Crippen molar-refractivity contribution in [1.29, 1.82) is 0 Å². The third kappa shape index (κ3) is 7.57. The van der Waals surface area contributed by atoms with E-state index >= 15 is 0 Å². The van der Waals surface area contributed by atoms with Crippen molar-refractivity contribution in [2.45, 2.75) is 84.0 Å². The minimum atomic E-state index is -0.424. The summed E-state index contributed by atoms with van der Waals surface area (Å²) in [5.74, 6) is 2.40. The molecule has 1 aliphatic heterocycles. The van der Waals surface area contributed by atoms with Gasteiger partial charge in [0.25, 0.3) is 0 Å². The highest BCUT2D eigenvalue weighted by atomic mass is 35.5. The Morgan fingerprint density at radius 1 is 1.06 bits per heavy atom. The van der Waals surface area contributed by atoms with Crippen molar-refractivity contribution in [1.82, 2.24) is 4.90 Å². The van der Waals surface area contributed by atoms with Crippen molar-refractivity contribution in [3.05, 3.63) is 64.2 Å². The van der Waals surface area contributed by atoms with Gasteiger partial charge < -0.3 is 9.53 Å². The lowest BCUT2D eigenvalue weighted by atomic mass is 9.72.